The van der Waals surface area contributed by atoms with Crippen molar-refractivity contribution in [2.45, 2.75) is 25.8 Å². The highest BCUT2D eigenvalue weighted by atomic mass is 16.3. The first-order valence-corrected chi connectivity index (χ1v) is 8.49. The summed E-state index contributed by atoms with van der Waals surface area (Å²) in [6.45, 7) is 2.44. The summed E-state index contributed by atoms with van der Waals surface area (Å²) in [5, 5.41) is 8.10. The molecule has 1 aliphatic rings. The van der Waals surface area contributed by atoms with Crippen LogP contribution in [0.2, 0.25) is 0 Å². The van der Waals surface area contributed by atoms with Crippen LogP contribution in [0.5, 0.6) is 0 Å². The predicted molar refractivity (Wildman–Crippen MR) is 94.6 cm³/mol. The maximum Gasteiger partial charge on any atom is 0.290 e. The van der Waals surface area contributed by atoms with Gasteiger partial charge in [0.1, 0.15) is 6.04 Å². The van der Waals surface area contributed by atoms with E-state index in [0.717, 1.165) is 23.1 Å². The Bertz CT molecular complexity index is 976. The number of amides is 2. The Labute approximate surface area is 149 Å². The molecule has 1 fully saturated rings. The number of anilines is 1. The summed E-state index contributed by atoms with van der Waals surface area (Å²) in [5.41, 5.74) is 2.20. The van der Waals surface area contributed by atoms with Gasteiger partial charge >= 0.3 is 0 Å². The summed E-state index contributed by atoms with van der Waals surface area (Å²) >= 11 is 0. The molecule has 0 bridgehead atoms. The van der Waals surface area contributed by atoms with Crippen LogP contribution in [-0.2, 0) is 11.8 Å². The lowest BCUT2D eigenvalue weighted by molar-refractivity contribution is -0.119. The fraction of sp³-hybridized carbons (Fsp3) is 0.333. The van der Waals surface area contributed by atoms with E-state index in [0.29, 0.717) is 18.7 Å². The minimum absolute atomic E-state index is 0.218. The number of aryl methyl sites for hydroxylation is 2. The Morgan fingerprint density at radius 3 is 3.00 bits per heavy atom. The highest BCUT2D eigenvalue weighted by Gasteiger charge is 2.35. The summed E-state index contributed by atoms with van der Waals surface area (Å²) < 4.78 is 6.88. The summed E-state index contributed by atoms with van der Waals surface area (Å²) in [5.74, 6) is -0.229. The summed E-state index contributed by atoms with van der Waals surface area (Å²) in [7, 11) is 1.83. The van der Waals surface area contributed by atoms with Crippen molar-refractivity contribution in [2.24, 2.45) is 7.05 Å². The molecule has 0 saturated carbocycles. The maximum atomic E-state index is 12.7. The van der Waals surface area contributed by atoms with Gasteiger partial charge < -0.3 is 14.6 Å². The topological polar surface area (TPSA) is 93.3 Å². The number of aromatic nitrogens is 3. The molecular weight excluding hydrogens is 334 g/mol. The van der Waals surface area contributed by atoms with Gasteiger partial charge in [-0.15, -0.1) is 0 Å². The molecule has 8 nitrogen and oxygen atoms in total. The summed E-state index contributed by atoms with van der Waals surface area (Å²) in [4.78, 5) is 31.2. The molecule has 26 heavy (non-hydrogen) atoms. The Hall–Kier alpha value is -3.16. The van der Waals surface area contributed by atoms with Crippen LogP contribution in [0.1, 0.15) is 29.1 Å². The molecule has 8 heteroatoms. The zero-order valence-corrected chi connectivity index (χ0v) is 14.6. The van der Waals surface area contributed by atoms with Crippen LogP contribution in [0.25, 0.3) is 11.0 Å². The predicted octanol–water partition coefficient (Wildman–Crippen LogP) is 2.11. The number of nitrogens with one attached hydrogen (secondary N) is 1. The molecular formula is C18H19N5O3. The van der Waals surface area contributed by atoms with Gasteiger partial charge in [0, 0.05) is 19.0 Å². The lowest BCUT2D eigenvalue weighted by Crippen LogP contribution is -2.43. The van der Waals surface area contributed by atoms with Crippen LogP contribution < -0.4 is 5.32 Å². The molecule has 1 saturated heterocycles. The van der Waals surface area contributed by atoms with Gasteiger partial charge in [0.2, 0.25) is 5.91 Å². The lowest BCUT2D eigenvalue weighted by atomic mass is 10.2. The van der Waals surface area contributed by atoms with Crippen LogP contribution >= 0.6 is 0 Å². The molecule has 0 aromatic carbocycles. The average Bonchev–Trinajstić information content (AvgIpc) is 3.36. The van der Waals surface area contributed by atoms with Gasteiger partial charge in [-0.1, -0.05) is 0 Å². The van der Waals surface area contributed by atoms with E-state index in [2.05, 4.69) is 15.4 Å². The first kappa shape index (κ1) is 16.3. The number of carbonyl (C=O) groups is 2. The number of fused-ring (bicyclic) bond motifs is 1. The number of rotatable bonds is 3. The Balaban J connectivity index is 1.54. The standard InChI is InChI=1S/C18H19N5O3/c1-11-13-9-12(10-19-16(13)22(2)21-11)20-17(24)14-5-3-7-23(14)18(25)15-6-4-8-26-15/h4,6,8-10,14H,3,5,7H2,1-2H3,(H,20,24)/t14-/m1/s1. The number of nitrogens with zero attached hydrogens (tertiary/aromatic N) is 4. The van der Waals surface area contributed by atoms with E-state index < -0.39 is 6.04 Å². The molecule has 0 radical (unpaired) electrons. The molecule has 2 amide bonds. The van der Waals surface area contributed by atoms with Gasteiger partial charge in [0.05, 0.1) is 23.8 Å². The first-order valence-electron chi connectivity index (χ1n) is 8.49. The van der Waals surface area contributed by atoms with Gasteiger partial charge in [0.25, 0.3) is 5.91 Å². The lowest BCUT2D eigenvalue weighted by Gasteiger charge is -2.23. The van der Waals surface area contributed by atoms with Gasteiger partial charge in [0.15, 0.2) is 11.4 Å². The number of pyridine rings is 1. The molecule has 1 aliphatic heterocycles. The normalized spacial score (nSPS) is 17.0. The van der Waals surface area contributed by atoms with Crippen molar-refractivity contribution in [1.29, 1.82) is 0 Å². The minimum atomic E-state index is -0.515. The molecule has 1 atom stereocenters. The third-order valence-electron chi connectivity index (χ3n) is 4.68. The molecule has 0 unspecified atom stereocenters. The monoisotopic (exact) mass is 353 g/mol. The van der Waals surface area contributed by atoms with Crippen molar-refractivity contribution in [3.05, 3.63) is 42.1 Å². The largest absolute Gasteiger partial charge is 0.459 e. The molecule has 4 rings (SSSR count). The quantitative estimate of drug-likeness (QED) is 0.778. The van der Waals surface area contributed by atoms with Crippen molar-refractivity contribution in [1.82, 2.24) is 19.7 Å². The number of hydrogen-bond acceptors (Lipinski definition) is 5. The Morgan fingerprint density at radius 1 is 1.38 bits per heavy atom. The second kappa shape index (κ2) is 6.29. The molecule has 0 aliphatic carbocycles. The van der Waals surface area contributed by atoms with Crippen LogP contribution in [0.15, 0.2) is 35.1 Å². The van der Waals surface area contributed by atoms with E-state index >= 15 is 0 Å². The van der Waals surface area contributed by atoms with Crippen molar-refractivity contribution >= 4 is 28.5 Å². The molecule has 3 aromatic rings. The van der Waals surface area contributed by atoms with E-state index in [9.17, 15) is 9.59 Å². The maximum absolute atomic E-state index is 12.7. The van der Waals surface area contributed by atoms with Crippen molar-refractivity contribution in [3.63, 3.8) is 0 Å². The van der Waals surface area contributed by atoms with Crippen molar-refractivity contribution < 1.29 is 14.0 Å². The van der Waals surface area contributed by atoms with Crippen molar-refractivity contribution in [2.75, 3.05) is 11.9 Å². The van der Waals surface area contributed by atoms with Crippen molar-refractivity contribution in [3.8, 4) is 0 Å². The molecule has 3 aromatic heterocycles. The number of likely N-dealkylation sites (tertiary alicyclic amines) is 1. The molecule has 4 heterocycles. The zero-order chi connectivity index (χ0) is 18.3. The van der Waals surface area contributed by atoms with E-state index in [-0.39, 0.29) is 17.6 Å². The van der Waals surface area contributed by atoms with E-state index in [1.807, 2.05) is 20.0 Å². The zero-order valence-electron chi connectivity index (χ0n) is 14.6. The SMILES string of the molecule is Cc1nn(C)c2ncc(NC(=O)[C@H]3CCCN3C(=O)c3ccco3)cc12. The second-order valence-electron chi connectivity index (χ2n) is 6.43. The van der Waals surface area contributed by atoms with Gasteiger partial charge in [-0.3, -0.25) is 14.3 Å². The van der Waals surface area contributed by atoms with Crippen LogP contribution in [-0.4, -0.2) is 44.1 Å². The van der Waals surface area contributed by atoms with E-state index in [1.165, 1.54) is 6.26 Å². The van der Waals surface area contributed by atoms with Crippen LogP contribution in [0, 0.1) is 6.92 Å². The third-order valence-corrected chi connectivity index (χ3v) is 4.68. The van der Waals surface area contributed by atoms with Gasteiger partial charge in [-0.05, 0) is 38.0 Å². The molecule has 134 valence electrons. The Morgan fingerprint density at radius 2 is 2.23 bits per heavy atom. The fourth-order valence-corrected chi connectivity index (χ4v) is 3.43. The molecule has 0 spiro atoms. The van der Waals surface area contributed by atoms with Crippen LogP contribution in [0.4, 0.5) is 5.69 Å². The van der Waals surface area contributed by atoms with Gasteiger partial charge in [-0.25, -0.2) is 4.98 Å². The third kappa shape index (κ3) is 2.73. The minimum Gasteiger partial charge on any atom is -0.459 e. The number of furan rings is 1. The summed E-state index contributed by atoms with van der Waals surface area (Å²) in [6, 6.07) is 4.61. The smallest absolute Gasteiger partial charge is 0.290 e. The average molecular weight is 353 g/mol. The second-order valence-corrected chi connectivity index (χ2v) is 6.43. The highest BCUT2D eigenvalue weighted by molar-refractivity contribution is 6.01. The Kier molecular flexibility index (Phi) is 3.95. The fourth-order valence-electron chi connectivity index (χ4n) is 3.43. The first-order chi connectivity index (χ1) is 12.5. The number of hydrogen-bond donors (Lipinski definition) is 1. The summed E-state index contributed by atoms with van der Waals surface area (Å²) in [6.07, 6.45) is 4.47. The number of carbonyl (C=O) groups excluding carboxylic acids is 2. The van der Waals surface area contributed by atoms with E-state index in [4.69, 9.17) is 4.42 Å². The van der Waals surface area contributed by atoms with Crippen LogP contribution in [0.3, 0.4) is 0 Å². The van der Waals surface area contributed by atoms with Gasteiger partial charge in [-0.2, -0.15) is 5.10 Å². The highest BCUT2D eigenvalue weighted by Crippen LogP contribution is 2.23. The molecule has 1 N–H and O–H groups in total. The van der Waals surface area contributed by atoms with E-state index in [1.54, 1.807) is 27.9 Å².